The summed E-state index contributed by atoms with van der Waals surface area (Å²) in [6.45, 7) is 2.24. The zero-order valence-electron chi connectivity index (χ0n) is 15.5. The van der Waals surface area contributed by atoms with E-state index in [-0.39, 0.29) is 11.5 Å². The van der Waals surface area contributed by atoms with Crippen LogP contribution in [-0.4, -0.2) is 10.5 Å². The number of rotatable bonds is 11. The molecule has 0 amide bonds. The van der Waals surface area contributed by atoms with Gasteiger partial charge in [0.25, 0.3) is 5.56 Å². The minimum Gasteiger partial charge on any atom is -0.274 e. The third-order valence-corrected chi connectivity index (χ3v) is 4.80. The lowest BCUT2D eigenvalue weighted by Crippen LogP contribution is -2.26. The molecule has 136 valence electrons. The molecule has 0 fully saturated rings. The van der Waals surface area contributed by atoms with E-state index in [1.165, 1.54) is 62.0 Å². The number of pyridine rings is 1. The third kappa shape index (κ3) is 6.15. The van der Waals surface area contributed by atoms with Crippen molar-refractivity contribution < 1.29 is 4.79 Å². The maximum atomic E-state index is 12.5. The van der Waals surface area contributed by atoms with Gasteiger partial charge in [-0.2, -0.15) is 0 Å². The Labute approximate surface area is 151 Å². The van der Waals surface area contributed by atoms with Crippen LogP contribution in [0.4, 0.5) is 0 Å². The van der Waals surface area contributed by atoms with Crippen LogP contribution in [0, 0.1) is 0 Å². The summed E-state index contributed by atoms with van der Waals surface area (Å²) in [6.07, 6.45) is 12.9. The van der Waals surface area contributed by atoms with E-state index < -0.39 is 0 Å². The summed E-state index contributed by atoms with van der Waals surface area (Å²) in [5, 5.41) is 0.929. The van der Waals surface area contributed by atoms with Gasteiger partial charge in [0.1, 0.15) is 0 Å². The first-order chi connectivity index (χ1) is 12.2. The molecular weight excluding hydrogens is 310 g/mol. The summed E-state index contributed by atoms with van der Waals surface area (Å²) >= 11 is 0. The van der Waals surface area contributed by atoms with E-state index in [4.69, 9.17) is 0 Å². The first-order valence-corrected chi connectivity index (χ1v) is 9.88. The highest BCUT2D eigenvalue weighted by atomic mass is 16.2. The molecule has 1 aromatic carbocycles. The van der Waals surface area contributed by atoms with Gasteiger partial charge >= 0.3 is 0 Å². The molecule has 25 heavy (non-hydrogen) atoms. The van der Waals surface area contributed by atoms with E-state index in [0.29, 0.717) is 11.9 Å². The predicted octanol–water partition coefficient (Wildman–Crippen LogP) is 5.95. The van der Waals surface area contributed by atoms with Gasteiger partial charge in [-0.15, -0.1) is 0 Å². The largest absolute Gasteiger partial charge is 0.274 e. The Morgan fingerprint density at radius 2 is 1.40 bits per heavy atom. The van der Waals surface area contributed by atoms with Gasteiger partial charge < -0.3 is 0 Å². The zero-order chi connectivity index (χ0) is 17.9. The number of carbonyl (C=O) groups is 1. The second-order valence-electron chi connectivity index (χ2n) is 6.89. The highest BCUT2D eigenvalue weighted by molar-refractivity contribution is 5.91. The minimum atomic E-state index is -0.226. The fourth-order valence-corrected chi connectivity index (χ4v) is 3.32. The maximum absolute atomic E-state index is 12.5. The lowest BCUT2D eigenvalue weighted by atomic mass is 10.1. The standard InChI is InChI=1S/C22H31NO2/c1-2-3-4-5-6-7-8-9-10-11-16-21(24)23-20-15-13-12-14-19(20)17-18-22(23)25/h12-15,17-18H,2-11,16H2,1H3. The number of carbonyl (C=O) groups excluding carboxylic acids is 1. The van der Waals surface area contributed by atoms with Crippen molar-refractivity contribution in [1.82, 2.24) is 4.57 Å². The molecule has 1 heterocycles. The van der Waals surface area contributed by atoms with Crippen LogP contribution in [0.3, 0.4) is 0 Å². The van der Waals surface area contributed by atoms with Crippen molar-refractivity contribution in [3.63, 3.8) is 0 Å². The summed E-state index contributed by atoms with van der Waals surface area (Å²) in [7, 11) is 0. The molecule has 0 saturated carbocycles. The Balaban J connectivity index is 1.71. The van der Waals surface area contributed by atoms with Gasteiger partial charge in [-0.05, 0) is 23.9 Å². The number of unbranched alkanes of at least 4 members (excludes halogenated alkanes) is 9. The van der Waals surface area contributed by atoms with Crippen molar-refractivity contribution in [2.45, 2.75) is 77.6 Å². The molecule has 0 aliphatic heterocycles. The van der Waals surface area contributed by atoms with E-state index in [2.05, 4.69) is 6.92 Å². The summed E-state index contributed by atoms with van der Waals surface area (Å²) in [5.74, 6) is -0.0821. The highest BCUT2D eigenvalue weighted by Crippen LogP contribution is 2.14. The first-order valence-electron chi connectivity index (χ1n) is 9.88. The van der Waals surface area contributed by atoms with Crippen LogP contribution in [0.25, 0.3) is 10.9 Å². The van der Waals surface area contributed by atoms with Crippen LogP contribution in [0.2, 0.25) is 0 Å². The Morgan fingerprint density at radius 3 is 2.08 bits per heavy atom. The second kappa shape index (κ2) is 10.9. The predicted molar refractivity (Wildman–Crippen MR) is 105 cm³/mol. The Bertz CT molecular complexity index is 717. The molecular formula is C22H31NO2. The monoisotopic (exact) mass is 341 g/mol. The number of hydrogen-bond acceptors (Lipinski definition) is 2. The number of nitrogens with zero attached hydrogens (tertiary/aromatic N) is 1. The van der Waals surface area contributed by atoms with Crippen molar-refractivity contribution in [2.75, 3.05) is 0 Å². The fourth-order valence-electron chi connectivity index (χ4n) is 3.32. The summed E-state index contributed by atoms with van der Waals surface area (Å²) in [6, 6.07) is 10.8. The van der Waals surface area contributed by atoms with Crippen molar-refractivity contribution in [2.24, 2.45) is 0 Å². The smallest absolute Gasteiger partial charge is 0.257 e. The van der Waals surface area contributed by atoms with Crippen molar-refractivity contribution >= 4 is 16.8 Å². The number of hydrogen-bond donors (Lipinski definition) is 0. The summed E-state index contributed by atoms with van der Waals surface area (Å²) in [4.78, 5) is 24.6. The zero-order valence-corrected chi connectivity index (χ0v) is 15.5. The Hall–Kier alpha value is -1.90. The van der Waals surface area contributed by atoms with Gasteiger partial charge in [0, 0.05) is 12.5 Å². The Kier molecular flexibility index (Phi) is 8.44. The molecule has 0 atom stereocenters. The summed E-state index contributed by atoms with van der Waals surface area (Å²) < 4.78 is 1.34. The van der Waals surface area contributed by atoms with E-state index in [9.17, 15) is 9.59 Å². The molecule has 2 aromatic rings. The SMILES string of the molecule is CCCCCCCCCCCCC(=O)n1c(=O)ccc2ccccc21. The number of aromatic nitrogens is 1. The van der Waals surface area contributed by atoms with Gasteiger partial charge in [-0.3, -0.25) is 9.59 Å². The third-order valence-electron chi connectivity index (χ3n) is 4.80. The quantitative estimate of drug-likeness (QED) is 0.473. The normalized spacial score (nSPS) is 11.1. The van der Waals surface area contributed by atoms with Crippen LogP contribution >= 0.6 is 0 Å². The molecule has 0 spiro atoms. The Morgan fingerprint density at radius 1 is 0.800 bits per heavy atom. The van der Waals surface area contributed by atoms with E-state index >= 15 is 0 Å². The molecule has 0 saturated heterocycles. The van der Waals surface area contributed by atoms with Crippen LogP contribution in [-0.2, 0) is 0 Å². The summed E-state index contributed by atoms with van der Waals surface area (Å²) in [5.41, 5.74) is 0.489. The van der Waals surface area contributed by atoms with Gasteiger partial charge in [0.05, 0.1) is 5.52 Å². The van der Waals surface area contributed by atoms with Gasteiger partial charge in [0.2, 0.25) is 5.91 Å². The van der Waals surface area contributed by atoms with Gasteiger partial charge in [-0.25, -0.2) is 4.57 Å². The van der Waals surface area contributed by atoms with Crippen LogP contribution in [0.5, 0.6) is 0 Å². The molecule has 1 aromatic heterocycles. The van der Waals surface area contributed by atoms with Gasteiger partial charge in [-0.1, -0.05) is 82.9 Å². The van der Waals surface area contributed by atoms with Crippen molar-refractivity contribution in [1.29, 1.82) is 0 Å². The van der Waals surface area contributed by atoms with Crippen molar-refractivity contribution in [3.05, 3.63) is 46.8 Å². The maximum Gasteiger partial charge on any atom is 0.257 e. The lowest BCUT2D eigenvalue weighted by molar-refractivity contribution is 0.0900. The van der Waals surface area contributed by atoms with Crippen molar-refractivity contribution in [3.8, 4) is 0 Å². The number of fused-ring (bicyclic) bond motifs is 1. The van der Waals surface area contributed by atoms with Gasteiger partial charge in [0.15, 0.2) is 0 Å². The molecule has 0 radical (unpaired) electrons. The van der Waals surface area contributed by atoms with Crippen LogP contribution < -0.4 is 5.56 Å². The highest BCUT2D eigenvalue weighted by Gasteiger charge is 2.10. The minimum absolute atomic E-state index is 0.0821. The molecule has 0 bridgehead atoms. The van der Waals surface area contributed by atoms with Crippen LogP contribution in [0.15, 0.2) is 41.2 Å². The molecule has 3 heteroatoms. The number of benzene rings is 1. The molecule has 0 aliphatic carbocycles. The molecule has 3 nitrogen and oxygen atoms in total. The lowest BCUT2D eigenvalue weighted by Gasteiger charge is -2.08. The molecule has 0 aliphatic rings. The average Bonchev–Trinajstić information content (AvgIpc) is 2.63. The average molecular weight is 341 g/mol. The van der Waals surface area contributed by atoms with E-state index in [1.54, 1.807) is 6.07 Å². The molecule has 0 unspecified atom stereocenters. The van der Waals surface area contributed by atoms with E-state index in [0.717, 1.165) is 18.2 Å². The fraction of sp³-hybridized carbons (Fsp3) is 0.545. The topological polar surface area (TPSA) is 39.1 Å². The van der Waals surface area contributed by atoms with Crippen LogP contribution in [0.1, 0.15) is 82.3 Å². The molecule has 2 rings (SSSR count). The molecule has 0 N–H and O–H groups in total. The number of para-hydroxylation sites is 1. The first kappa shape index (κ1) is 19.4. The van der Waals surface area contributed by atoms with E-state index in [1.807, 2.05) is 24.3 Å². The second-order valence-corrected chi connectivity index (χ2v) is 6.89.